The van der Waals surface area contributed by atoms with Crippen molar-refractivity contribution in [2.24, 2.45) is 0 Å². The van der Waals surface area contributed by atoms with Gasteiger partial charge in [0, 0.05) is 31.4 Å². The van der Waals surface area contributed by atoms with E-state index in [1.165, 1.54) is 19.2 Å². The van der Waals surface area contributed by atoms with Gasteiger partial charge in [-0.05, 0) is 18.2 Å². The first-order valence-electron chi connectivity index (χ1n) is 6.25. The Hall–Kier alpha value is -1.80. The highest BCUT2D eigenvalue weighted by Crippen LogP contribution is 2.35. The largest absolute Gasteiger partial charge is 0.418 e. The molecule has 5 nitrogen and oxygen atoms in total. The molecule has 0 spiro atoms. The molecule has 0 aromatic heterocycles. The molecule has 8 heteroatoms. The summed E-state index contributed by atoms with van der Waals surface area (Å²) in [7, 11) is 1.36. The maximum atomic E-state index is 12.9. The van der Waals surface area contributed by atoms with Crippen LogP contribution in [0.25, 0.3) is 0 Å². The highest BCUT2D eigenvalue weighted by Gasteiger charge is 2.34. The monoisotopic (exact) mass is 306 g/mol. The Bertz CT molecular complexity index is 486. The van der Waals surface area contributed by atoms with E-state index in [9.17, 15) is 18.0 Å². The number of anilines is 1. The van der Waals surface area contributed by atoms with E-state index < -0.39 is 17.6 Å². The van der Waals surface area contributed by atoms with Gasteiger partial charge in [0.2, 0.25) is 0 Å². The van der Waals surface area contributed by atoms with Crippen LogP contribution in [-0.2, 0) is 6.18 Å². The first-order valence-corrected chi connectivity index (χ1v) is 6.25. The van der Waals surface area contributed by atoms with Gasteiger partial charge >= 0.3 is 6.18 Å². The molecule has 0 aliphatic rings. The molecular formula is C13H17F3N2O3. The van der Waals surface area contributed by atoms with Gasteiger partial charge in [-0.15, -0.1) is 0 Å². The second-order valence-corrected chi connectivity index (χ2v) is 4.25. The Morgan fingerprint density at radius 1 is 1.24 bits per heavy atom. The Morgan fingerprint density at radius 3 is 2.24 bits per heavy atom. The van der Waals surface area contributed by atoms with Gasteiger partial charge in [0.05, 0.1) is 18.8 Å². The lowest BCUT2D eigenvalue weighted by atomic mass is 10.1. The minimum absolute atomic E-state index is 0.0610. The maximum absolute atomic E-state index is 12.9. The van der Waals surface area contributed by atoms with E-state index in [1.54, 1.807) is 0 Å². The Morgan fingerprint density at radius 2 is 1.81 bits per heavy atom. The molecule has 21 heavy (non-hydrogen) atoms. The SMILES string of the molecule is CNc1ccc(C(=O)N(CCO)CCO)cc1C(F)(F)F. The van der Waals surface area contributed by atoms with Crippen molar-refractivity contribution in [3.63, 3.8) is 0 Å². The molecule has 0 fully saturated rings. The molecule has 0 unspecified atom stereocenters. The number of hydrogen-bond donors (Lipinski definition) is 3. The van der Waals surface area contributed by atoms with E-state index in [2.05, 4.69) is 5.32 Å². The van der Waals surface area contributed by atoms with Crippen molar-refractivity contribution < 1.29 is 28.2 Å². The lowest BCUT2D eigenvalue weighted by molar-refractivity contribution is -0.137. The van der Waals surface area contributed by atoms with Crippen molar-refractivity contribution in [2.75, 3.05) is 38.7 Å². The Labute approximate surface area is 120 Å². The minimum atomic E-state index is -4.59. The van der Waals surface area contributed by atoms with E-state index in [1.807, 2.05) is 0 Å². The number of nitrogens with one attached hydrogen (secondary N) is 1. The van der Waals surface area contributed by atoms with Crippen molar-refractivity contribution in [3.05, 3.63) is 29.3 Å². The molecule has 1 amide bonds. The molecule has 0 bridgehead atoms. The summed E-state index contributed by atoms with van der Waals surface area (Å²) in [6.07, 6.45) is -4.59. The summed E-state index contributed by atoms with van der Waals surface area (Å²) in [5.41, 5.74) is -1.22. The van der Waals surface area contributed by atoms with E-state index in [0.29, 0.717) is 0 Å². The average molecular weight is 306 g/mol. The highest BCUT2D eigenvalue weighted by molar-refractivity contribution is 5.95. The summed E-state index contributed by atoms with van der Waals surface area (Å²) in [6, 6.07) is 3.20. The van der Waals surface area contributed by atoms with Crippen LogP contribution in [0.4, 0.5) is 18.9 Å². The molecule has 0 heterocycles. The van der Waals surface area contributed by atoms with Crippen molar-refractivity contribution in [3.8, 4) is 0 Å². The number of aliphatic hydroxyl groups excluding tert-OH is 2. The number of halogens is 3. The Kier molecular flexibility index (Phi) is 5.98. The highest BCUT2D eigenvalue weighted by atomic mass is 19.4. The van der Waals surface area contributed by atoms with E-state index >= 15 is 0 Å². The Balaban J connectivity index is 3.15. The molecule has 1 aromatic carbocycles. The van der Waals surface area contributed by atoms with Crippen molar-refractivity contribution in [1.82, 2.24) is 4.90 Å². The lowest BCUT2D eigenvalue weighted by Gasteiger charge is -2.21. The number of aliphatic hydroxyl groups is 2. The topological polar surface area (TPSA) is 72.8 Å². The predicted octanol–water partition coefficient (Wildman–Crippen LogP) is 1.17. The average Bonchev–Trinajstić information content (AvgIpc) is 2.44. The van der Waals surface area contributed by atoms with Crippen molar-refractivity contribution in [1.29, 1.82) is 0 Å². The number of nitrogens with zero attached hydrogens (tertiary/aromatic N) is 1. The van der Waals surface area contributed by atoms with Gasteiger partial charge in [-0.1, -0.05) is 0 Å². The van der Waals surface area contributed by atoms with E-state index in [-0.39, 0.29) is 37.6 Å². The summed E-state index contributed by atoms with van der Waals surface area (Å²) in [6.45, 7) is -0.804. The van der Waals surface area contributed by atoms with Gasteiger partial charge in [-0.3, -0.25) is 4.79 Å². The first kappa shape index (κ1) is 17.3. The van der Waals surface area contributed by atoms with Gasteiger partial charge < -0.3 is 20.4 Å². The lowest BCUT2D eigenvalue weighted by Crippen LogP contribution is -2.36. The number of benzene rings is 1. The molecule has 0 aliphatic carbocycles. The third-order valence-corrected chi connectivity index (χ3v) is 2.87. The molecule has 118 valence electrons. The number of amides is 1. The molecule has 0 atom stereocenters. The van der Waals surface area contributed by atoms with Gasteiger partial charge in [0.25, 0.3) is 5.91 Å². The van der Waals surface area contributed by atoms with E-state index in [4.69, 9.17) is 10.2 Å². The number of carbonyl (C=O) groups excluding carboxylic acids is 1. The van der Waals surface area contributed by atoms with Crippen molar-refractivity contribution >= 4 is 11.6 Å². The van der Waals surface area contributed by atoms with Crippen LogP contribution in [0.3, 0.4) is 0 Å². The third-order valence-electron chi connectivity index (χ3n) is 2.87. The fraction of sp³-hybridized carbons (Fsp3) is 0.462. The zero-order valence-corrected chi connectivity index (χ0v) is 11.4. The molecule has 3 N–H and O–H groups in total. The number of alkyl halides is 3. The van der Waals surface area contributed by atoms with Crippen LogP contribution < -0.4 is 5.32 Å². The van der Waals surface area contributed by atoms with Crippen LogP contribution in [0.5, 0.6) is 0 Å². The first-order chi connectivity index (χ1) is 9.85. The zero-order valence-electron chi connectivity index (χ0n) is 11.4. The second kappa shape index (κ2) is 7.28. The maximum Gasteiger partial charge on any atom is 0.418 e. The van der Waals surface area contributed by atoms with Crippen LogP contribution in [-0.4, -0.2) is 54.4 Å². The quantitative estimate of drug-likeness (QED) is 0.738. The molecule has 1 rings (SSSR count). The summed E-state index contributed by atoms with van der Waals surface area (Å²) < 4.78 is 38.8. The summed E-state index contributed by atoms with van der Waals surface area (Å²) >= 11 is 0. The van der Waals surface area contributed by atoms with Crippen LogP contribution in [0.1, 0.15) is 15.9 Å². The summed E-state index contributed by atoms with van der Waals surface area (Å²) in [5, 5.41) is 20.1. The van der Waals surface area contributed by atoms with Crippen LogP contribution in [0.15, 0.2) is 18.2 Å². The van der Waals surface area contributed by atoms with Crippen LogP contribution in [0.2, 0.25) is 0 Å². The predicted molar refractivity (Wildman–Crippen MR) is 71.1 cm³/mol. The normalized spacial score (nSPS) is 11.3. The molecule has 0 aliphatic heterocycles. The number of hydrogen-bond acceptors (Lipinski definition) is 4. The molecule has 0 saturated carbocycles. The standard InChI is InChI=1S/C13H17F3N2O3/c1-17-11-3-2-9(8-10(11)13(14,15)16)12(21)18(4-6-19)5-7-20/h2-3,8,17,19-20H,4-7H2,1H3. The van der Waals surface area contributed by atoms with Crippen molar-refractivity contribution in [2.45, 2.75) is 6.18 Å². The smallest absolute Gasteiger partial charge is 0.395 e. The molecule has 0 saturated heterocycles. The van der Waals surface area contributed by atoms with Crippen LogP contribution in [0, 0.1) is 0 Å². The fourth-order valence-electron chi connectivity index (χ4n) is 1.87. The van der Waals surface area contributed by atoms with Gasteiger partial charge in [-0.2, -0.15) is 13.2 Å². The summed E-state index contributed by atoms with van der Waals surface area (Å²) in [5.74, 6) is -0.675. The van der Waals surface area contributed by atoms with Gasteiger partial charge in [-0.25, -0.2) is 0 Å². The summed E-state index contributed by atoms with van der Waals surface area (Å²) in [4.78, 5) is 13.2. The number of rotatable bonds is 6. The second-order valence-electron chi connectivity index (χ2n) is 4.25. The fourth-order valence-corrected chi connectivity index (χ4v) is 1.87. The molecular weight excluding hydrogens is 289 g/mol. The van der Waals surface area contributed by atoms with E-state index in [0.717, 1.165) is 11.0 Å². The van der Waals surface area contributed by atoms with Gasteiger partial charge in [0.1, 0.15) is 0 Å². The molecule has 1 aromatic rings. The molecule has 0 radical (unpaired) electrons. The zero-order chi connectivity index (χ0) is 16.0. The van der Waals surface area contributed by atoms with Gasteiger partial charge in [0.15, 0.2) is 0 Å². The van der Waals surface area contributed by atoms with Crippen LogP contribution >= 0.6 is 0 Å². The minimum Gasteiger partial charge on any atom is -0.395 e. The third kappa shape index (κ3) is 4.33. The number of carbonyl (C=O) groups is 1.